The molecule has 2 N–H and O–H groups in total. The van der Waals surface area contributed by atoms with Gasteiger partial charge in [-0.2, -0.15) is 0 Å². The van der Waals surface area contributed by atoms with E-state index in [0.717, 1.165) is 5.56 Å². The molecule has 2 aromatic rings. The summed E-state index contributed by atoms with van der Waals surface area (Å²) in [6.45, 7) is 0.473. The molecule has 0 unspecified atom stereocenters. The van der Waals surface area contributed by atoms with E-state index < -0.39 is 7.12 Å². The van der Waals surface area contributed by atoms with Gasteiger partial charge in [-0.25, -0.2) is 0 Å². The largest absolute Gasteiger partial charge is 0.488 e. The highest BCUT2D eigenvalue weighted by Gasteiger charge is 2.12. The maximum absolute atomic E-state index is 9.04. The lowest BCUT2D eigenvalue weighted by atomic mass is 9.80. The van der Waals surface area contributed by atoms with Gasteiger partial charge >= 0.3 is 7.12 Å². The molecule has 0 aliphatic carbocycles. The minimum atomic E-state index is -1.47. The fourth-order valence-electron chi connectivity index (χ4n) is 1.53. The first-order valence-corrected chi connectivity index (χ1v) is 6.28. The quantitative estimate of drug-likeness (QED) is 0.846. The number of hydrogen-bond donors (Lipinski definition) is 2. The van der Waals surface area contributed by atoms with Gasteiger partial charge in [0.25, 0.3) is 0 Å². The van der Waals surface area contributed by atoms with Gasteiger partial charge in [-0.05, 0) is 39.1 Å². The van der Waals surface area contributed by atoms with Crippen molar-refractivity contribution < 1.29 is 14.8 Å². The first-order valence-electron chi connectivity index (χ1n) is 5.49. The number of benzene rings is 2. The SMILES string of the molecule is OB(O)c1ccc(OCc2ccccc2)c(Br)c1. The Morgan fingerprint density at radius 3 is 2.39 bits per heavy atom. The second kappa shape index (κ2) is 6.04. The van der Waals surface area contributed by atoms with Crippen LogP contribution in [0.25, 0.3) is 0 Å². The molecule has 0 radical (unpaired) electrons. The summed E-state index contributed by atoms with van der Waals surface area (Å²) < 4.78 is 6.35. The molecule has 18 heavy (non-hydrogen) atoms. The molecule has 0 aliphatic rings. The van der Waals surface area contributed by atoms with Gasteiger partial charge in [0.15, 0.2) is 0 Å². The van der Waals surface area contributed by atoms with Gasteiger partial charge in [0.05, 0.1) is 4.47 Å². The van der Waals surface area contributed by atoms with Crippen LogP contribution in [0.5, 0.6) is 5.75 Å². The third-order valence-corrected chi connectivity index (χ3v) is 3.11. The Balaban J connectivity index is 2.06. The molecule has 0 saturated carbocycles. The van der Waals surface area contributed by atoms with Gasteiger partial charge < -0.3 is 14.8 Å². The van der Waals surface area contributed by atoms with Crippen molar-refractivity contribution in [3.8, 4) is 5.75 Å². The summed E-state index contributed by atoms with van der Waals surface area (Å²) >= 11 is 3.34. The van der Waals surface area contributed by atoms with Crippen LogP contribution < -0.4 is 10.2 Å². The molecule has 0 aromatic heterocycles. The molecule has 0 saturated heterocycles. The molecular weight excluding hydrogens is 295 g/mol. The van der Waals surface area contributed by atoms with Gasteiger partial charge in [0.1, 0.15) is 12.4 Å². The summed E-state index contributed by atoms with van der Waals surface area (Å²) in [5.41, 5.74) is 1.50. The van der Waals surface area contributed by atoms with Crippen molar-refractivity contribution in [2.24, 2.45) is 0 Å². The lowest BCUT2D eigenvalue weighted by molar-refractivity contribution is 0.304. The Hall–Kier alpha value is -1.30. The Kier molecular flexibility index (Phi) is 4.41. The second-order valence-corrected chi connectivity index (χ2v) is 4.69. The summed E-state index contributed by atoms with van der Waals surface area (Å²) in [5.74, 6) is 0.670. The highest BCUT2D eigenvalue weighted by atomic mass is 79.9. The van der Waals surface area contributed by atoms with Gasteiger partial charge in [-0.15, -0.1) is 0 Å². The van der Waals surface area contributed by atoms with Crippen molar-refractivity contribution in [3.63, 3.8) is 0 Å². The molecule has 0 amide bonds. The fraction of sp³-hybridized carbons (Fsp3) is 0.0769. The van der Waals surface area contributed by atoms with Crippen molar-refractivity contribution in [1.82, 2.24) is 0 Å². The van der Waals surface area contributed by atoms with Gasteiger partial charge in [-0.1, -0.05) is 36.4 Å². The highest BCUT2D eigenvalue weighted by Crippen LogP contribution is 2.24. The summed E-state index contributed by atoms with van der Waals surface area (Å²) in [7, 11) is -1.47. The van der Waals surface area contributed by atoms with Crippen molar-refractivity contribution in [1.29, 1.82) is 0 Å². The van der Waals surface area contributed by atoms with E-state index in [1.165, 1.54) is 0 Å². The van der Waals surface area contributed by atoms with Crippen molar-refractivity contribution in [2.75, 3.05) is 0 Å². The maximum Gasteiger partial charge on any atom is 0.488 e. The molecule has 5 heteroatoms. The Morgan fingerprint density at radius 1 is 1.06 bits per heavy atom. The van der Waals surface area contributed by atoms with Crippen LogP contribution in [0.3, 0.4) is 0 Å². The molecule has 2 aromatic carbocycles. The highest BCUT2D eigenvalue weighted by molar-refractivity contribution is 9.10. The number of ether oxygens (including phenoxy) is 1. The molecule has 92 valence electrons. The van der Waals surface area contributed by atoms with E-state index >= 15 is 0 Å². The van der Waals surface area contributed by atoms with Crippen molar-refractivity contribution in [3.05, 3.63) is 58.6 Å². The zero-order valence-corrected chi connectivity index (χ0v) is 11.2. The van der Waals surface area contributed by atoms with Crippen LogP contribution in [0.1, 0.15) is 5.56 Å². The molecule has 0 heterocycles. The van der Waals surface area contributed by atoms with Crippen molar-refractivity contribution >= 4 is 28.5 Å². The van der Waals surface area contributed by atoms with Crippen LogP contribution in [0.4, 0.5) is 0 Å². The number of rotatable bonds is 4. The van der Waals surface area contributed by atoms with Crippen LogP contribution in [-0.2, 0) is 6.61 Å². The Bertz CT molecular complexity index is 517. The van der Waals surface area contributed by atoms with E-state index in [9.17, 15) is 0 Å². The minimum absolute atomic E-state index is 0.425. The standard InChI is InChI=1S/C13H12BBrO3/c15-12-8-11(14(16)17)6-7-13(12)18-9-10-4-2-1-3-5-10/h1-8,16-17H,9H2. The fourth-order valence-corrected chi connectivity index (χ4v) is 2.04. The molecule has 0 fully saturated rings. The zero-order valence-electron chi connectivity index (χ0n) is 9.58. The summed E-state index contributed by atoms with van der Waals surface area (Å²) in [5, 5.41) is 18.1. The zero-order chi connectivity index (χ0) is 13.0. The summed E-state index contributed by atoms with van der Waals surface area (Å²) in [4.78, 5) is 0. The van der Waals surface area contributed by atoms with Gasteiger partial charge in [-0.3, -0.25) is 0 Å². The van der Waals surface area contributed by atoms with Gasteiger partial charge in [0.2, 0.25) is 0 Å². The Morgan fingerprint density at radius 2 is 1.78 bits per heavy atom. The van der Waals surface area contributed by atoms with Crippen LogP contribution >= 0.6 is 15.9 Å². The predicted molar refractivity (Wildman–Crippen MR) is 74.7 cm³/mol. The average Bonchev–Trinajstić information content (AvgIpc) is 2.38. The first-order chi connectivity index (χ1) is 8.66. The topological polar surface area (TPSA) is 49.7 Å². The third-order valence-electron chi connectivity index (χ3n) is 2.49. The monoisotopic (exact) mass is 306 g/mol. The molecular formula is C13H12BBrO3. The van der Waals surface area contributed by atoms with E-state index in [2.05, 4.69) is 15.9 Å². The average molecular weight is 307 g/mol. The van der Waals surface area contributed by atoms with Gasteiger partial charge in [0, 0.05) is 0 Å². The third kappa shape index (κ3) is 3.35. The molecule has 3 nitrogen and oxygen atoms in total. The lowest BCUT2D eigenvalue weighted by Gasteiger charge is -2.09. The second-order valence-electron chi connectivity index (χ2n) is 3.84. The molecule has 2 rings (SSSR count). The van der Waals surface area contributed by atoms with Crippen LogP contribution in [-0.4, -0.2) is 17.2 Å². The molecule has 0 atom stereocenters. The van der Waals surface area contributed by atoms with E-state index in [1.54, 1.807) is 18.2 Å². The van der Waals surface area contributed by atoms with Crippen LogP contribution in [0.2, 0.25) is 0 Å². The van der Waals surface area contributed by atoms with Crippen LogP contribution in [0.15, 0.2) is 53.0 Å². The van der Waals surface area contributed by atoms with E-state index in [1.807, 2.05) is 30.3 Å². The van der Waals surface area contributed by atoms with E-state index in [0.29, 0.717) is 22.3 Å². The lowest BCUT2D eigenvalue weighted by Crippen LogP contribution is -2.29. The summed E-state index contributed by atoms with van der Waals surface area (Å²) in [6.07, 6.45) is 0. The maximum atomic E-state index is 9.04. The molecule has 0 spiro atoms. The number of halogens is 1. The van der Waals surface area contributed by atoms with Crippen molar-refractivity contribution in [2.45, 2.75) is 6.61 Å². The molecule has 0 bridgehead atoms. The Labute approximate surface area is 114 Å². The molecule has 0 aliphatic heterocycles. The van der Waals surface area contributed by atoms with E-state index in [4.69, 9.17) is 14.8 Å². The first kappa shape index (κ1) is 13.1. The van der Waals surface area contributed by atoms with Crippen LogP contribution in [0, 0.1) is 0 Å². The number of hydrogen-bond acceptors (Lipinski definition) is 3. The normalized spacial score (nSPS) is 10.2. The minimum Gasteiger partial charge on any atom is -0.488 e. The predicted octanol–water partition coefficient (Wildman–Crippen LogP) is 1.71. The summed E-state index contributed by atoms with van der Waals surface area (Å²) in [6, 6.07) is 14.8. The smallest absolute Gasteiger partial charge is 0.488 e. The van der Waals surface area contributed by atoms with E-state index in [-0.39, 0.29) is 0 Å².